The topological polar surface area (TPSA) is 39.2 Å². The monoisotopic (exact) mass is 221 g/mol. The third-order valence-electron chi connectivity index (χ3n) is 2.41. The second kappa shape index (κ2) is 4.21. The van der Waals surface area contributed by atoms with Gasteiger partial charge in [-0.1, -0.05) is 6.92 Å². The Labute approximate surface area is 93.7 Å². The Morgan fingerprint density at radius 1 is 1.33 bits per heavy atom. The second-order valence-corrected chi connectivity index (χ2v) is 4.90. The lowest BCUT2D eigenvalue weighted by Crippen LogP contribution is -2.08. The molecule has 0 aliphatic heterocycles. The van der Waals surface area contributed by atoms with Crippen LogP contribution in [-0.2, 0) is 6.42 Å². The van der Waals surface area contributed by atoms with Gasteiger partial charge >= 0.3 is 0 Å². The normalized spacial score (nSPS) is 13.0. The summed E-state index contributed by atoms with van der Waals surface area (Å²) in [4.78, 5) is 2.44. The maximum absolute atomic E-state index is 6.11. The molecule has 0 aromatic carbocycles. The predicted octanol–water partition coefficient (Wildman–Crippen LogP) is 3.26. The fourth-order valence-corrected chi connectivity index (χ4v) is 2.40. The molecule has 2 heterocycles. The zero-order chi connectivity index (χ0) is 10.8. The average Bonchev–Trinajstić information content (AvgIpc) is 2.84. The van der Waals surface area contributed by atoms with E-state index in [9.17, 15) is 0 Å². The molecule has 15 heavy (non-hydrogen) atoms. The molecule has 0 saturated heterocycles. The molecule has 2 nitrogen and oxygen atoms in total. The average molecular weight is 221 g/mol. The van der Waals surface area contributed by atoms with Gasteiger partial charge in [0, 0.05) is 16.2 Å². The number of furan rings is 1. The van der Waals surface area contributed by atoms with Crippen molar-refractivity contribution in [3.63, 3.8) is 0 Å². The Morgan fingerprint density at radius 2 is 2.13 bits per heavy atom. The summed E-state index contributed by atoms with van der Waals surface area (Å²) in [5.41, 5.74) is 6.11. The van der Waals surface area contributed by atoms with Crippen molar-refractivity contribution in [3.05, 3.63) is 45.5 Å². The molecule has 2 aromatic heterocycles. The molecule has 0 bridgehead atoms. The van der Waals surface area contributed by atoms with Gasteiger partial charge in [-0.3, -0.25) is 0 Å². The Bertz CT molecular complexity index is 444. The van der Waals surface area contributed by atoms with Gasteiger partial charge < -0.3 is 10.2 Å². The molecule has 1 atom stereocenters. The number of hydrogen-bond donors (Lipinski definition) is 1. The minimum atomic E-state index is -0.121. The lowest BCUT2D eigenvalue weighted by Gasteiger charge is -2.05. The summed E-state index contributed by atoms with van der Waals surface area (Å²) in [6.45, 7) is 4.16. The third kappa shape index (κ3) is 2.13. The van der Waals surface area contributed by atoms with Gasteiger partial charge in [-0.05, 0) is 31.2 Å². The van der Waals surface area contributed by atoms with Crippen LogP contribution in [0.3, 0.4) is 0 Å². The van der Waals surface area contributed by atoms with E-state index in [1.165, 1.54) is 4.88 Å². The van der Waals surface area contributed by atoms with Crippen molar-refractivity contribution in [1.29, 1.82) is 0 Å². The summed E-state index contributed by atoms with van der Waals surface area (Å²) in [5.74, 6) is 1.85. The highest BCUT2D eigenvalue weighted by molar-refractivity contribution is 7.12. The largest absolute Gasteiger partial charge is 0.464 e. The van der Waals surface area contributed by atoms with E-state index in [2.05, 4.69) is 26.0 Å². The lowest BCUT2D eigenvalue weighted by atomic mass is 10.2. The minimum Gasteiger partial charge on any atom is -0.464 e. The molecule has 0 radical (unpaired) electrons. The molecule has 0 fully saturated rings. The fourth-order valence-electron chi connectivity index (χ4n) is 1.51. The van der Waals surface area contributed by atoms with Crippen LogP contribution in [0, 0.1) is 6.92 Å². The predicted molar refractivity (Wildman–Crippen MR) is 63.2 cm³/mol. The first kappa shape index (κ1) is 10.5. The van der Waals surface area contributed by atoms with Crippen LogP contribution in [0.5, 0.6) is 0 Å². The number of aryl methyl sites for hydroxylation is 2. The number of nitrogens with two attached hydrogens (primary N) is 1. The van der Waals surface area contributed by atoms with Crippen molar-refractivity contribution in [3.8, 4) is 0 Å². The second-order valence-electron chi connectivity index (χ2n) is 3.58. The van der Waals surface area contributed by atoms with Gasteiger partial charge in [0.2, 0.25) is 0 Å². The van der Waals surface area contributed by atoms with E-state index >= 15 is 0 Å². The zero-order valence-electron chi connectivity index (χ0n) is 8.99. The minimum absolute atomic E-state index is 0.121. The molecule has 0 aliphatic carbocycles. The Kier molecular flexibility index (Phi) is 2.93. The molecular weight excluding hydrogens is 206 g/mol. The summed E-state index contributed by atoms with van der Waals surface area (Å²) in [6, 6.07) is 8.00. The highest BCUT2D eigenvalue weighted by Gasteiger charge is 2.14. The molecule has 0 spiro atoms. The summed E-state index contributed by atoms with van der Waals surface area (Å²) < 4.78 is 5.64. The van der Waals surface area contributed by atoms with Crippen LogP contribution in [0.1, 0.15) is 34.2 Å². The Morgan fingerprint density at radius 3 is 2.67 bits per heavy atom. The first-order valence-corrected chi connectivity index (χ1v) is 5.93. The van der Waals surface area contributed by atoms with Gasteiger partial charge in [0.1, 0.15) is 11.5 Å². The Hall–Kier alpha value is -1.06. The van der Waals surface area contributed by atoms with Crippen LogP contribution in [-0.4, -0.2) is 0 Å². The molecule has 0 aliphatic rings. The van der Waals surface area contributed by atoms with Gasteiger partial charge in [-0.25, -0.2) is 0 Å². The molecule has 2 aromatic rings. The van der Waals surface area contributed by atoms with Crippen molar-refractivity contribution in [2.45, 2.75) is 26.3 Å². The molecule has 3 heteroatoms. The summed E-state index contributed by atoms with van der Waals surface area (Å²) >= 11 is 1.72. The maximum Gasteiger partial charge on any atom is 0.126 e. The van der Waals surface area contributed by atoms with E-state index < -0.39 is 0 Å². The van der Waals surface area contributed by atoms with Gasteiger partial charge in [-0.15, -0.1) is 11.3 Å². The van der Waals surface area contributed by atoms with Crippen molar-refractivity contribution < 1.29 is 4.42 Å². The van der Waals surface area contributed by atoms with Crippen LogP contribution in [0.4, 0.5) is 0 Å². The standard InChI is InChI=1S/C12H15NOS/c1-3-9-5-6-10(14-9)12(13)11-7-4-8(2)15-11/h4-7,12H,3,13H2,1-2H3. The van der Waals surface area contributed by atoms with Gasteiger partial charge in [0.15, 0.2) is 0 Å². The molecular formula is C12H15NOS. The van der Waals surface area contributed by atoms with Crippen LogP contribution in [0.2, 0.25) is 0 Å². The van der Waals surface area contributed by atoms with Gasteiger partial charge in [0.25, 0.3) is 0 Å². The molecule has 80 valence electrons. The summed E-state index contributed by atoms with van der Waals surface area (Å²) in [5, 5.41) is 0. The van der Waals surface area contributed by atoms with E-state index in [0.29, 0.717) is 0 Å². The first-order valence-electron chi connectivity index (χ1n) is 5.11. The molecule has 2 rings (SSSR count). The van der Waals surface area contributed by atoms with Crippen LogP contribution in [0.15, 0.2) is 28.7 Å². The smallest absolute Gasteiger partial charge is 0.126 e. The van der Waals surface area contributed by atoms with Crippen molar-refractivity contribution in [1.82, 2.24) is 0 Å². The number of thiophene rings is 1. The van der Waals surface area contributed by atoms with Crippen molar-refractivity contribution >= 4 is 11.3 Å². The highest BCUT2D eigenvalue weighted by Crippen LogP contribution is 2.27. The fraction of sp³-hybridized carbons (Fsp3) is 0.333. The molecule has 2 N–H and O–H groups in total. The van der Waals surface area contributed by atoms with E-state index in [1.807, 2.05) is 12.1 Å². The van der Waals surface area contributed by atoms with Crippen molar-refractivity contribution in [2.75, 3.05) is 0 Å². The van der Waals surface area contributed by atoms with E-state index in [4.69, 9.17) is 10.2 Å². The van der Waals surface area contributed by atoms with Crippen LogP contribution in [0.25, 0.3) is 0 Å². The van der Waals surface area contributed by atoms with Crippen LogP contribution < -0.4 is 5.73 Å². The quantitative estimate of drug-likeness (QED) is 0.864. The number of rotatable bonds is 3. The molecule has 0 amide bonds. The van der Waals surface area contributed by atoms with Crippen molar-refractivity contribution in [2.24, 2.45) is 5.73 Å². The third-order valence-corrected chi connectivity index (χ3v) is 3.49. The lowest BCUT2D eigenvalue weighted by molar-refractivity contribution is 0.455. The van der Waals surface area contributed by atoms with Crippen LogP contribution >= 0.6 is 11.3 Å². The molecule has 0 saturated carbocycles. The Balaban J connectivity index is 2.23. The highest BCUT2D eigenvalue weighted by atomic mass is 32.1. The van der Waals surface area contributed by atoms with Gasteiger partial charge in [0.05, 0.1) is 6.04 Å². The summed E-state index contributed by atoms with van der Waals surface area (Å²) in [7, 11) is 0. The van der Waals surface area contributed by atoms with Gasteiger partial charge in [-0.2, -0.15) is 0 Å². The van der Waals surface area contributed by atoms with E-state index in [0.717, 1.165) is 22.8 Å². The zero-order valence-corrected chi connectivity index (χ0v) is 9.80. The molecule has 1 unspecified atom stereocenters. The number of hydrogen-bond acceptors (Lipinski definition) is 3. The maximum atomic E-state index is 6.11. The SMILES string of the molecule is CCc1ccc(C(N)c2ccc(C)s2)o1. The summed E-state index contributed by atoms with van der Waals surface area (Å²) in [6.07, 6.45) is 0.913. The van der Waals surface area contributed by atoms with E-state index in [-0.39, 0.29) is 6.04 Å². The van der Waals surface area contributed by atoms with E-state index in [1.54, 1.807) is 11.3 Å². The first-order chi connectivity index (χ1) is 7.20.